The zero-order valence-corrected chi connectivity index (χ0v) is 13.3. The minimum Gasteiger partial charge on any atom is -0.495 e. The average molecular weight is 348 g/mol. The number of sulfonamides is 1. The maximum atomic E-state index is 13.8. The molecule has 0 heterocycles. The van der Waals surface area contributed by atoms with E-state index in [1.807, 2.05) is 0 Å². The predicted octanol–water partition coefficient (Wildman–Crippen LogP) is 3.45. The molecule has 0 saturated heterocycles. The molecule has 4 nitrogen and oxygen atoms in total. The van der Waals surface area contributed by atoms with Crippen LogP contribution in [0.3, 0.4) is 0 Å². The zero-order chi connectivity index (χ0) is 16.5. The van der Waals surface area contributed by atoms with E-state index in [1.54, 1.807) is 0 Å². The molecule has 2 rings (SSSR count). The maximum Gasteiger partial charge on any atom is 0.264 e. The van der Waals surface area contributed by atoms with E-state index in [4.69, 9.17) is 16.3 Å². The molecule has 0 aliphatic carbocycles. The molecule has 0 fully saturated rings. The molecule has 0 atom stereocenters. The lowest BCUT2D eigenvalue weighted by atomic mass is 10.3. The third kappa shape index (κ3) is 3.00. The summed E-state index contributed by atoms with van der Waals surface area (Å²) in [4.78, 5) is -0.135. The molecule has 0 spiro atoms. The minimum atomic E-state index is -4.04. The van der Waals surface area contributed by atoms with Gasteiger partial charge in [0, 0.05) is 13.1 Å². The van der Waals surface area contributed by atoms with Gasteiger partial charge in [-0.05, 0) is 30.3 Å². The highest BCUT2D eigenvalue weighted by Gasteiger charge is 2.24. The number of hydrogen-bond donors (Lipinski definition) is 0. The molecule has 0 N–H and O–H groups in total. The van der Waals surface area contributed by atoms with Crippen molar-refractivity contribution in [3.63, 3.8) is 0 Å². The van der Waals surface area contributed by atoms with Gasteiger partial charge in [-0.1, -0.05) is 11.6 Å². The first-order chi connectivity index (χ1) is 10.3. The second-order valence-electron chi connectivity index (χ2n) is 4.36. The molecule has 0 aliphatic rings. The Morgan fingerprint density at radius 1 is 1.14 bits per heavy atom. The Bertz CT molecular complexity index is 812. The molecular formula is C14H12ClF2NO3S. The van der Waals surface area contributed by atoms with Crippen molar-refractivity contribution >= 4 is 27.3 Å². The number of benzene rings is 2. The van der Waals surface area contributed by atoms with Crippen LogP contribution in [0.25, 0.3) is 0 Å². The number of methoxy groups -OCH3 is 1. The van der Waals surface area contributed by atoms with E-state index in [2.05, 4.69) is 0 Å². The average Bonchev–Trinajstić information content (AvgIpc) is 2.46. The number of hydrogen-bond acceptors (Lipinski definition) is 3. The molecule has 2 aromatic rings. The van der Waals surface area contributed by atoms with Gasteiger partial charge in [-0.25, -0.2) is 17.2 Å². The van der Waals surface area contributed by atoms with E-state index in [0.717, 1.165) is 16.4 Å². The normalized spacial score (nSPS) is 11.3. The molecule has 0 unspecified atom stereocenters. The highest BCUT2D eigenvalue weighted by molar-refractivity contribution is 7.92. The van der Waals surface area contributed by atoms with E-state index in [9.17, 15) is 17.2 Å². The summed E-state index contributed by atoms with van der Waals surface area (Å²) >= 11 is 5.91. The van der Waals surface area contributed by atoms with Crippen LogP contribution in [0.4, 0.5) is 14.5 Å². The highest BCUT2D eigenvalue weighted by Crippen LogP contribution is 2.30. The lowest BCUT2D eigenvalue weighted by molar-refractivity contribution is 0.414. The van der Waals surface area contributed by atoms with E-state index in [1.165, 1.54) is 32.4 Å². The summed E-state index contributed by atoms with van der Waals surface area (Å²) in [5.74, 6) is -1.46. The summed E-state index contributed by atoms with van der Waals surface area (Å²) in [6, 6.07) is 6.52. The van der Waals surface area contributed by atoms with Gasteiger partial charge < -0.3 is 4.74 Å². The van der Waals surface area contributed by atoms with E-state index < -0.39 is 21.7 Å². The van der Waals surface area contributed by atoms with Gasteiger partial charge in [0.2, 0.25) is 0 Å². The van der Waals surface area contributed by atoms with Gasteiger partial charge in [0.25, 0.3) is 10.0 Å². The number of ether oxygens (including phenoxy) is 1. The standard InChI is InChI=1S/C14H12ClF2NO3S/c1-18(13-5-3-9(16)7-12(13)17)22(19,20)10-4-6-14(21-2)11(15)8-10/h3-8H,1-2H3. The maximum absolute atomic E-state index is 13.8. The summed E-state index contributed by atoms with van der Waals surface area (Å²) < 4.78 is 57.3. The largest absolute Gasteiger partial charge is 0.495 e. The fourth-order valence-corrected chi connectivity index (χ4v) is 3.38. The van der Waals surface area contributed by atoms with Crippen molar-refractivity contribution < 1.29 is 21.9 Å². The molecule has 2 aromatic carbocycles. The Kier molecular flexibility index (Phi) is 4.58. The quantitative estimate of drug-likeness (QED) is 0.851. The lowest BCUT2D eigenvalue weighted by Gasteiger charge is -2.20. The molecule has 0 amide bonds. The third-order valence-electron chi connectivity index (χ3n) is 3.03. The molecule has 22 heavy (non-hydrogen) atoms. The van der Waals surface area contributed by atoms with Crippen molar-refractivity contribution in [1.82, 2.24) is 0 Å². The Labute approximate surface area is 131 Å². The predicted molar refractivity (Wildman–Crippen MR) is 80.0 cm³/mol. The van der Waals surface area contributed by atoms with Crippen molar-refractivity contribution in [2.75, 3.05) is 18.5 Å². The summed E-state index contributed by atoms with van der Waals surface area (Å²) in [5.41, 5.74) is -0.270. The molecule has 0 saturated carbocycles. The van der Waals surface area contributed by atoms with Gasteiger partial charge in [-0.3, -0.25) is 4.31 Å². The Balaban J connectivity index is 2.47. The number of nitrogens with zero attached hydrogens (tertiary/aromatic N) is 1. The van der Waals surface area contributed by atoms with Gasteiger partial charge in [0.05, 0.1) is 22.7 Å². The molecule has 0 radical (unpaired) electrons. The zero-order valence-electron chi connectivity index (χ0n) is 11.7. The van der Waals surface area contributed by atoms with Crippen LogP contribution < -0.4 is 9.04 Å². The van der Waals surface area contributed by atoms with Crippen LogP contribution in [0.1, 0.15) is 0 Å². The number of halogens is 3. The summed E-state index contributed by atoms with van der Waals surface area (Å²) in [5, 5.41) is 0.108. The van der Waals surface area contributed by atoms with Crippen molar-refractivity contribution in [3.05, 3.63) is 53.1 Å². The summed E-state index contributed by atoms with van der Waals surface area (Å²) in [7, 11) is -1.48. The summed E-state index contributed by atoms with van der Waals surface area (Å²) in [6.45, 7) is 0. The van der Waals surface area contributed by atoms with E-state index in [0.29, 0.717) is 11.8 Å². The van der Waals surface area contributed by atoms with Gasteiger partial charge >= 0.3 is 0 Å². The lowest BCUT2D eigenvalue weighted by Crippen LogP contribution is -2.27. The van der Waals surface area contributed by atoms with Crippen LogP contribution >= 0.6 is 11.6 Å². The van der Waals surface area contributed by atoms with Gasteiger partial charge in [-0.15, -0.1) is 0 Å². The SMILES string of the molecule is COc1ccc(S(=O)(=O)N(C)c2ccc(F)cc2F)cc1Cl. The fourth-order valence-electron chi connectivity index (χ4n) is 1.83. The molecular weight excluding hydrogens is 336 g/mol. The third-order valence-corrected chi connectivity index (χ3v) is 5.09. The second-order valence-corrected chi connectivity index (χ2v) is 6.74. The fraction of sp³-hybridized carbons (Fsp3) is 0.143. The Morgan fingerprint density at radius 2 is 1.82 bits per heavy atom. The van der Waals surface area contributed by atoms with Gasteiger partial charge in [0.15, 0.2) is 0 Å². The van der Waals surface area contributed by atoms with Crippen molar-refractivity contribution in [2.45, 2.75) is 4.90 Å². The van der Waals surface area contributed by atoms with Crippen LogP contribution in [0.15, 0.2) is 41.3 Å². The van der Waals surface area contributed by atoms with Crippen LogP contribution in [0.2, 0.25) is 5.02 Å². The number of anilines is 1. The van der Waals surface area contributed by atoms with Crippen molar-refractivity contribution in [2.24, 2.45) is 0 Å². The molecule has 118 valence electrons. The van der Waals surface area contributed by atoms with Crippen LogP contribution in [-0.2, 0) is 10.0 Å². The van der Waals surface area contributed by atoms with E-state index >= 15 is 0 Å². The van der Waals surface area contributed by atoms with Crippen LogP contribution in [0, 0.1) is 11.6 Å². The van der Waals surface area contributed by atoms with Crippen LogP contribution in [-0.4, -0.2) is 22.6 Å². The molecule has 8 heteroatoms. The van der Waals surface area contributed by atoms with Crippen LogP contribution in [0.5, 0.6) is 5.75 Å². The molecule has 0 aliphatic heterocycles. The number of rotatable bonds is 4. The monoisotopic (exact) mass is 347 g/mol. The first kappa shape index (κ1) is 16.5. The molecule has 0 bridgehead atoms. The first-order valence-corrected chi connectivity index (χ1v) is 7.86. The van der Waals surface area contributed by atoms with Crippen molar-refractivity contribution in [1.29, 1.82) is 0 Å². The Morgan fingerprint density at radius 3 is 2.36 bits per heavy atom. The van der Waals surface area contributed by atoms with Gasteiger partial charge in [-0.2, -0.15) is 0 Å². The highest BCUT2D eigenvalue weighted by atomic mass is 35.5. The topological polar surface area (TPSA) is 46.6 Å². The minimum absolute atomic E-state index is 0.108. The first-order valence-electron chi connectivity index (χ1n) is 6.05. The Hall–Kier alpha value is -1.86. The smallest absolute Gasteiger partial charge is 0.264 e. The summed E-state index contributed by atoms with van der Waals surface area (Å²) in [6.07, 6.45) is 0. The van der Waals surface area contributed by atoms with Gasteiger partial charge in [0.1, 0.15) is 17.4 Å². The van der Waals surface area contributed by atoms with E-state index in [-0.39, 0.29) is 15.6 Å². The second kappa shape index (κ2) is 6.10. The molecule has 0 aromatic heterocycles. The van der Waals surface area contributed by atoms with Crippen molar-refractivity contribution in [3.8, 4) is 5.75 Å².